The van der Waals surface area contributed by atoms with Crippen LogP contribution in [0.15, 0.2) is 84.9 Å². The maximum absolute atomic E-state index is 14.3. The standard InChI is InChI=1S/C35H42N4O/c40-35(36-20-25-37-21-10-3-11-22-37)34-33(32(28-14-4-1-5-15-28)29-16-6-2-7-17-29)30-18-8-9-19-31(30)39(34)27-26-38-23-12-13-24-38/h1-2,4-9,14-19,32H,3,10-13,20-27H2,(H,36,40). The summed E-state index contributed by atoms with van der Waals surface area (Å²) in [6.07, 6.45) is 6.39. The second-order valence-electron chi connectivity index (χ2n) is 11.4. The number of fused-ring (bicyclic) bond motifs is 1. The smallest absolute Gasteiger partial charge is 0.268 e. The normalized spacial score (nSPS) is 16.6. The van der Waals surface area contributed by atoms with E-state index in [9.17, 15) is 4.79 Å². The summed E-state index contributed by atoms with van der Waals surface area (Å²) < 4.78 is 2.32. The van der Waals surface area contributed by atoms with Crippen LogP contribution < -0.4 is 5.32 Å². The van der Waals surface area contributed by atoms with Gasteiger partial charge in [0.25, 0.3) is 5.91 Å². The molecule has 0 spiro atoms. The Morgan fingerprint density at radius 1 is 0.650 bits per heavy atom. The summed E-state index contributed by atoms with van der Waals surface area (Å²) in [6.45, 7) is 7.95. The van der Waals surface area contributed by atoms with Crippen LogP contribution in [0.5, 0.6) is 0 Å². The van der Waals surface area contributed by atoms with Crippen molar-refractivity contribution >= 4 is 16.8 Å². The number of nitrogens with one attached hydrogen (secondary N) is 1. The van der Waals surface area contributed by atoms with Gasteiger partial charge in [0.1, 0.15) is 5.69 Å². The van der Waals surface area contributed by atoms with E-state index in [2.05, 4.69) is 105 Å². The minimum Gasteiger partial charge on any atom is -0.349 e. The summed E-state index contributed by atoms with van der Waals surface area (Å²) in [5.41, 5.74) is 5.49. The van der Waals surface area contributed by atoms with E-state index in [1.165, 1.54) is 48.6 Å². The number of carbonyl (C=O) groups is 1. The number of amides is 1. The van der Waals surface area contributed by atoms with Crippen LogP contribution in [0.2, 0.25) is 0 Å². The molecule has 1 amide bonds. The van der Waals surface area contributed by atoms with Crippen molar-refractivity contribution < 1.29 is 4.79 Å². The van der Waals surface area contributed by atoms with Gasteiger partial charge in [-0.2, -0.15) is 0 Å². The van der Waals surface area contributed by atoms with Crippen LogP contribution in [0.1, 0.15) is 65.2 Å². The lowest BCUT2D eigenvalue weighted by atomic mass is 9.83. The molecule has 40 heavy (non-hydrogen) atoms. The molecule has 0 bridgehead atoms. The van der Waals surface area contributed by atoms with E-state index in [1.807, 2.05) is 0 Å². The molecule has 0 atom stereocenters. The minimum absolute atomic E-state index is 0.0387. The van der Waals surface area contributed by atoms with E-state index in [0.29, 0.717) is 6.54 Å². The maximum atomic E-state index is 14.3. The Labute approximate surface area is 238 Å². The molecule has 208 valence electrons. The lowest BCUT2D eigenvalue weighted by Crippen LogP contribution is -2.38. The largest absolute Gasteiger partial charge is 0.349 e. The Balaban J connectivity index is 1.44. The predicted octanol–water partition coefficient (Wildman–Crippen LogP) is 6.13. The van der Waals surface area contributed by atoms with Crippen LogP contribution in [-0.2, 0) is 6.54 Å². The van der Waals surface area contributed by atoms with E-state index in [0.717, 1.165) is 62.6 Å². The quantitative estimate of drug-likeness (QED) is 0.266. The van der Waals surface area contributed by atoms with Crippen molar-refractivity contribution in [2.45, 2.75) is 44.6 Å². The number of aromatic nitrogens is 1. The molecule has 0 saturated carbocycles. The van der Waals surface area contributed by atoms with Crippen LogP contribution in [0.25, 0.3) is 10.9 Å². The number of para-hydroxylation sites is 1. The van der Waals surface area contributed by atoms with Gasteiger partial charge in [0.2, 0.25) is 0 Å². The topological polar surface area (TPSA) is 40.5 Å². The zero-order valence-electron chi connectivity index (χ0n) is 23.6. The first kappa shape index (κ1) is 26.8. The highest BCUT2D eigenvalue weighted by atomic mass is 16.2. The molecule has 5 nitrogen and oxygen atoms in total. The molecule has 0 radical (unpaired) electrons. The highest BCUT2D eigenvalue weighted by molar-refractivity contribution is 6.02. The molecular formula is C35H42N4O. The highest BCUT2D eigenvalue weighted by Crippen LogP contribution is 2.40. The van der Waals surface area contributed by atoms with Gasteiger partial charge in [-0.15, -0.1) is 0 Å². The van der Waals surface area contributed by atoms with Crippen LogP contribution in [0.3, 0.4) is 0 Å². The molecule has 2 fully saturated rings. The zero-order chi connectivity index (χ0) is 27.1. The summed E-state index contributed by atoms with van der Waals surface area (Å²) in [7, 11) is 0. The predicted molar refractivity (Wildman–Crippen MR) is 164 cm³/mol. The van der Waals surface area contributed by atoms with Crippen molar-refractivity contribution in [3.05, 3.63) is 107 Å². The van der Waals surface area contributed by atoms with Crippen molar-refractivity contribution in [1.29, 1.82) is 0 Å². The van der Waals surface area contributed by atoms with E-state index in [-0.39, 0.29) is 11.8 Å². The van der Waals surface area contributed by atoms with Crippen LogP contribution in [0, 0.1) is 0 Å². The molecule has 2 aliphatic rings. The van der Waals surface area contributed by atoms with Crippen molar-refractivity contribution in [3.63, 3.8) is 0 Å². The Hall–Kier alpha value is -3.41. The number of benzene rings is 3. The molecule has 0 unspecified atom stereocenters. The first-order valence-electron chi connectivity index (χ1n) is 15.2. The summed E-state index contributed by atoms with van der Waals surface area (Å²) in [6, 6.07) is 30.0. The molecule has 6 rings (SSSR count). The highest BCUT2D eigenvalue weighted by Gasteiger charge is 2.30. The molecule has 3 heterocycles. The van der Waals surface area contributed by atoms with E-state index < -0.39 is 0 Å². The number of hydrogen-bond acceptors (Lipinski definition) is 3. The summed E-state index contributed by atoms with van der Waals surface area (Å²) in [4.78, 5) is 19.3. The fourth-order valence-electron chi connectivity index (χ4n) is 6.76. The van der Waals surface area contributed by atoms with Crippen molar-refractivity contribution in [2.24, 2.45) is 0 Å². The average Bonchev–Trinajstić information content (AvgIpc) is 3.64. The number of rotatable bonds is 10. The third-order valence-electron chi connectivity index (χ3n) is 8.78. The van der Waals surface area contributed by atoms with Crippen molar-refractivity contribution in [1.82, 2.24) is 19.7 Å². The summed E-state index contributed by atoms with van der Waals surface area (Å²) >= 11 is 0. The summed E-state index contributed by atoms with van der Waals surface area (Å²) in [5.74, 6) is 0.00433. The first-order chi connectivity index (χ1) is 19.8. The molecule has 1 aromatic heterocycles. The third kappa shape index (κ3) is 5.86. The number of likely N-dealkylation sites (tertiary alicyclic amines) is 2. The van der Waals surface area contributed by atoms with Gasteiger partial charge in [0.05, 0.1) is 0 Å². The van der Waals surface area contributed by atoms with E-state index >= 15 is 0 Å². The Morgan fingerprint density at radius 3 is 1.85 bits per heavy atom. The van der Waals surface area contributed by atoms with Crippen molar-refractivity contribution in [3.8, 4) is 0 Å². The SMILES string of the molecule is O=C(NCCN1CCCCC1)c1c(C(c2ccccc2)c2ccccc2)c2ccccc2n1CCN1CCCC1. The van der Waals surface area contributed by atoms with Crippen molar-refractivity contribution in [2.75, 3.05) is 45.8 Å². The second kappa shape index (κ2) is 12.8. The van der Waals surface area contributed by atoms with Crippen LogP contribution >= 0.6 is 0 Å². The van der Waals surface area contributed by atoms with Crippen LogP contribution in [0.4, 0.5) is 0 Å². The molecule has 4 aromatic rings. The molecular weight excluding hydrogens is 492 g/mol. The number of hydrogen-bond donors (Lipinski definition) is 1. The lowest BCUT2D eigenvalue weighted by Gasteiger charge is -2.26. The first-order valence-corrected chi connectivity index (χ1v) is 15.2. The van der Waals surface area contributed by atoms with Gasteiger partial charge in [0, 0.05) is 48.6 Å². The van der Waals surface area contributed by atoms with Gasteiger partial charge in [0.15, 0.2) is 0 Å². The fraction of sp³-hybridized carbons (Fsp3) is 0.400. The number of piperidine rings is 1. The third-order valence-corrected chi connectivity index (χ3v) is 8.78. The zero-order valence-corrected chi connectivity index (χ0v) is 23.6. The molecule has 2 saturated heterocycles. The monoisotopic (exact) mass is 534 g/mol. The Morgan fingerprint density at radius 2 is 1.20 bits per heavy atom. The van der Waals surface area contributed by atoms with Gasteiger partial charge in [-0.1, -0.05) is 85.3 Å². The van der Waals surface area contributed by atoms with Gasteiger partial charge in [-0.3, -0.25) is 4.79 Å². The maximum Gasteiger partial charge on any atom is 0.268 e. The molecule has 2 aliphatic heterocycles. The number of nitrogens with zero attached hydrogens (tertiary/aromatic N) is 3. The van der Waals surface area contributed by atoms with E-state index in [1.54, 1.807) is 0 Å². The molecule has 0 aliphatic carbocycles. The van der Waals surface area contributed by atoms with Gasteiger partial charge < -0.3 is 19.7 Å². The minimum atomic E-state index is -0.0387. The van der Waals surface area contributed by atoms with E-state index in [4.69, 9.17) is 0 Å². The average molecular weight is 535 g/mol. The van der Waals surface area contributed by atoms with Gasteiger partial charge in [-0.25, -0.2) is 0 Å². The fourth-order valence-corrected chi connectivity index (χ4v) is 6.76. The Bertz CT molecular complexity index is 1350. The summed E-state index contributed by atoms with van der Waals surface area (Å²) in [5, 5.41) is 4.53. The lowest BCUT2D eigenvalue weighted by molar-refractivity contribution is 0.0936. The molecule has 5 heteroatoms. The second-order valence-corrected chi connectivity index (χ2v) is 11.4. The molecule has 3 aromatic carbocycles. The number of carbonyl (C=O) groups excluding carboxylic acids is 1. The van der Waals surface area contributed by atoms with Gasteiger partial charge in [-0.05, 0) is 69.1 Å². The van der Waals surface area contributed by atoms with Crippen LogP contribution in [-0.4, -0.2) is 66.1 Å². The molecule has 1 N–H and O–H groups in total. The Kier molecular flexibility index (Phi) is 8.60. The van der Waals surface area contributed by atoms with Gasteiger partial charge >= 0.3 is 0 Å².